The number of carbonyl (C=O) groups excluding carboxylic acids is 1. The Morgan fingerprint density at radius 3 is 2.50 bits per heavy atom. The summed E-state index contributed by atoms with van der Waals surface area (Å²) in [5.74, 6) is -0.470. The van der Waals surface area contributed by atoms with Gasteiger partial charge in [0.2, 0.25) is 0 Å². The van der Waals surface area contributed by atoms with Crippen LogP contribution < -0.4 is 5.32 Å². The van der Waals surface area contributed by atoms with E-state index < -0.39 is 18.5 Å². The lowest BCUT2D eigenvalue weighted by Gasteiger charge is -2.11. The maximum Gasteiger partial charge on any atom is 0.393 e. The molecule has 1 N–H and O–H groups in total. The molecule has 0 aliphatic rings. The highest BCUT2D eigenvalue weighted by Gasteiger charge is 2.29. The number of hydrogen-bond acceptors (Lipinski definition) is 1. The monoisotopic (exact) mass is 231 g/mol. The second kappa shape index (κ2) is 5.01. The molecule has 16 heavy (non-hydrogen) atoms. The topological polar surface area (TPSA) is 29.1 Å². The summed E-state index contributed by atoms with van der Waals surface area (Å²) >= 11 is 0. The normalized spacial score (nSPS) is 11.2. The largest absolute Gasteiger partial charge is 0.393 e. The third-order valence-electron chi connectivity index (χ3n) is 1.99. The SMILES string of the molecule is CCNC(=O)c1ccccc1CC(F)(F)F. The summed E-state index contributed by atoms with van der Waals surface area (Å²) in [5.41, 5.74) is 0.0858. The van der Waals surface area contributed by atoms with Crippen molar-refractivity contribution in [3.8, 4) is 0 Å². The first-order valence-electron chi connectivity index (χ1n) is 4.87. The van der Waals surface area contributed by atoms with Gasteiger partial charge in [-0.3, -0.25) is 4.79 Å². The number of carbonyl (C=O) groups is 1. The van der Waals surface area contributed by atoms with Gasteiger partial charge in [0.25, 0.3) is 5.91 Å². The van der Waals surface area contributed by atoms with Crippen LogP contribution in [0.1, 0.15) is 22.8 Å². The third kappa shape index (κ3) is 3.56. The molecule has 0 atom stereocenters. The zero-order valence-electron chi connectivity index (χ0n) is 8.77. The summed E-state index contributed by atoms with van der Waals surface area (Å²) in [6.07, 6.45) is -5.39. The second-order valence-corrected chi connectivity index (χ2v) is 3.31. The molecule has 1 aromatic rings. The average Bonchev–Trinajstić information content (AvgIpc) is 2.16. The Morgan fingerprint density at radius 1 is 1.31 bits per heavy atom. The van der Waals surface area contributed by atoms with Crippen LogP contribution in [0.3, 0.4) is 0 Å². The Morgan fingerprint density at radius 2 is 1.94 bits per heavy atom. The van der Waals surface area contributed by atoms with Crippen molar-refractivity contribution >= 4 is 5.91 Å². The van der Waals surface area contributed by atoms with Gasteiger partial charge in [-0.1, -0.05) is 18.2 Å². The fourth-order valence-electron chi connectivity index (χ4n) is 1.37. The fraction of sp³-hybridized carbons (Fsp3) is 0.364. The molecule has 5 heteroatoms. The van der Waals surface area contributed by atoms with Crippen LogP contribution in [0.5, 0.6) is 0 Å². The number of amides is 1. The predicted octanol–water partition coefficient (Wildman–Crippen LogP) is 2.54. The molecule has 0 heterocycles. The molecular weight excluding hydrogens is 219 g/mol. The number of hydrogen-bond donors (Lipinski definition) is 1. The maximum absolute atomic E-state index is 12.2. The van der Waals surface area contributed by atoms with Crippen LogP contribution in [0.15, 0.2) is 24.3 Å². The van der Waals surface area contributed by atoms with Crippen LogP contribution in [0.25, 0.3) is 0 Å². The van der Waals surface area contributed by atoms with E-state index >= 15 is 0 Å². The van der Waals surface area contributed by atoms with Gasteiger partial charge in [0.15, 0.2) is 0 Å². The molecule has 0 aromatic heterocycles. The highest BCUT2D eigenvalue weighted by Crippen LogP contribution is 2.23. The van der Waals surface area contributed by atoms with E-state index in [1.807, 2.05) is 0 Å². The standard InChI is InChI=1S/C11H12F3NO/c1-2-15-10(16)9-6-4-3-5-8(9)7-11(12,13)14/h3-6H,2,7H2,1H3,(H,15,16). The van der Waals surface area contributed by atoms with Gasteiger partial charge in [-0.2, -0.15) is 13.2 Å². The summed E-state index contributed by atoms with van der Waals surface area (Å²) in [5, 5.41) is 2.48. The number of rotatable bonds is 3. The van der Waals surface area contributed by atoms with Gasteiger partial charge in [0.05, 0.1) is 6.42 Å². The van der Waals surface area contributed by atoms with Gasteiger partial charge in [-0.15, -0.1) is 0 Å². The Balaban J connectivity index is 2.96. The summed E-state index contributed by atoms with van der Waals surface area (Å²) in [6.45, 7) is 2.10. The first kappa shape index (κ1) is 12.5. The number of nitrogens with one attached hydrogen (secondary N) is 1. The van der Waals surface area contributed by atoms with Crippen molar-refractivity contribution in [1.29, 1.82) is 0 Å². The van der Waals surface area contributed by atoms with Crippen molar-refractivity contribution in [2.45, 2.75) is 19.5 Å². The first-order valence-corrected chi connectivity index (χ1v) is 4.87. The van der Waals surface area contributed by atoms with Crippen molar-refractivity contribution in [3.05, 3.63) is 35.4 Å². The Hall–Kier alpha value is -1.52. The van der Waals surface area contributed by atoms with Crippen LogP contribution in [-0.4, -0.2) is 18.6 Å². The van der Waals surface area contributed by atoms with Gasteiger partial charge in [-0.25, -0.2) is 0 Å². The maximum atomic E-state index is 12.2. The number of halogens is 3. The van der Waals surface area contributed by atoms with Crippen molar-refractivity contribution in [1.82, 2.24) is 5.32 Å². The van der Waals surface area contributed by atoms with Gasteiger partial charge in [-0.05, 0) is 18.6 Å². The van der Waals surface area contributed by atoms with E-state index in [0.29, 0.717) is 6.54 Å². The molecule has 0 spiro atoms. The Kier molecular flexibility index (Phi) is 3.93. The van der Waals surface area contributed by atoms with Gasteiger partial charge in [0, 0.05) is 12.1 Å². The molecule has 1 aromatic carbocycles. The van der Waals surface area contributed by atoms with E-state index in [4.69, 9.17) is 0 Å². The van der Waals surface area contributed by atoms with Crippen LogP contribution in [0, 0.1) is 0 Å². The predicted molar refractivity (Wildman–Crippen MR) is 54.2 cm³/mol. The van der Waals surface area contributed by atoms with E-state index in [1.165, 1.54) is 18.2 Å². The molecule has 88 valence electrons. The minimum absolute atomic E-state index is 0.000880. The fourth-order valence-corrected chi connectivity index (χ4v) is 1.37. The summed E-state index contributed by atoms with van der Waals surface area (Å²) in [6, 6.07) is 5.75. The highest BCUT2D eigenvalue weighted by molar-refractivity contribution is 5.95. The van der Waals surface area contributed by atoms with E-state index in [9.17, 15) is 18.0 Å². The number of benzene rings is 1. The highest BCUT2D eigenvalue weighted by atomic mass is 19.4. The smallest absolute Gasteiger partial charge is 0.352 e. The summed E-state index contributed by atoms with van der Waals surface area (Å²) in [7, 11) is 0. The summed E-state index contributed by atoms with van der Waals surface area (Å²) in [4.78, 5) is 11.5. The zero-order valence-corrected chi connectivity index (χ0v) is 8.77. The number of alkyl halides is 3. The Bertz CT molecular complexity index is 374. The average molecular weight is 231 g/mol. The molecule has 2 nitrogen and oxygen atoms in total. The third-order valence-corrected chi connectivity index (χ3v) is 1.99. The van der Waals surface area contributed by atoms with Crippen LogP contribution in [0.4, 0.5) is 13.2 Å². The first-order chi connectivity index (χ1) is 7.44. The van der Waals surface area contributed by atoms with E-state index in [2.05, 4.69) is 5.32 Å². The van der Waals surface area contributed by atoms with E-state index in [0.717, 1.165) is 0 Å². The van der Waals surface area contributed by atoms with Gasteiger partial charge in [0.1, 0.15) is 0 Å². The minimum Gasteiger partial charge on any atom is -0.352 e. The Labute approximate surface area is 91.5 Å². The lowest BCUT2D eigenvalue weighted by molar-refractivity contribution is -0.127. The summed E-state index contributed by atoms with van der Waals surface area (Å²) < 4.78 is 36.7. The molecule has 0 radical (unpaired) electrons. The molecular formula is C11H12F3NO. The lowest BCUT2D eigenvalue weighted by atomic mass is 10.0. The van der Waals surface area contributed by atoms with Crippen LogP contribution in [0.2, 0.25) is 0 Å². The van der Waals surface area contributed by atoms with Crippen molar-refractivity contribution < 1.29 is 18.0 Å². The molecule has 0 saturated carbocycles. The van der Waals surface area contributed by atoms with Crippen LogP contribution >= 0.6 is 0 Å². The molecule has 1 amide bonds. The van der Waals surface area contributed by atoms with Crippen molar-refractivity contribution in [2.75, 3.05) is 6.54 Å². The molecule has 0 unspecified atom stereocenters. The molecule has 0 saturated heterocycles. The quantitative estimate of drug-likeness (QED) is 0.851. The van der Waals surface area contributed by atoms with Gasteiger partial charge < -0.3 is 5.32 Å². The molecule has 0 bridgehead atoms. The van der Waals surface area contributed by atoms with Crippen molar-refractivity contribution in [3.63, 3.8) is 0 Å². The van der Waals surface area contributed by atoms with Crippen LogP contribution in [-0.2, 0) is 6.42 Å². The van der Waals surface area contributed by atoms with E-state index in [1.54, 1.807) is 13.0 Å². The molecule has 0 aliphatic heterocycles. The molecule has 0 aliphatic carbocycles. The molecule has 0 fully saturated rings. The minimum atomic E-state index is -4.30. The van der Waals surface area contributed by atoms with E-state index in [-0.39, 0.29) is 11.1 Å². The molecule has 1 rings (SSSR count). The zero-order chi connectivity index (χ0) is 12.2. The second-order valence-electron chi connectivity index (χ2n) is 3.31. The lowest BCUT2D eigenvalue weighted by Crippen LogP contribution is -2.25. The van der Waals surface area contributed by atoms with Crippen molar-refractivity contribution in [2.24, 2.45) is 0 Å². The van der Waals surface area contributed by atoms with Gasteiger partial charge >= 0.3 is 6.18 Å².